The van der Waals surface area contributed by atoms with Gasteiger partial charge in [-0.15, -0.1) is 0 Å². The van der Waals surface area contributed by atoms with Crippen LogP contribution in [-0.2, 0) is 9.59 Å². The minimum Gasteiger partial charge on any atom is -0.507 e. The van der Waals surface area contributed by atoms with Crippen molar-refractivity contribution in [2.45, 2.75) is 46.6 Å². The molecule has 3 aromatic rings. The number of methoxy groups -OCH3 is 2. The molecule has 1 saturated heterocycles. The Labute approximate surface area is 229 Å². The molecule has 1 fully saturated rings. The zero-order valence-corrected chi connectivity index (χ0v) is 23.5. The number of ether oxygens (including phenoxy) is 3. The third-order valence-electron chi connectivity index (χ3n) is 7.14. The standard InChI is InChI=1S/C32H35NO6/c1-8-39-27-17-21(10-14-26(27)38-7)29-28(30(34)22-11-13-25(37-6)24(16-22)18(2)3)31(35)32(36)33(29)23-12-9-19(4)20(5)15-23/h9-18,29,34H,8H2,1-7H3/b30-28+. The fraction of sp³-hybridized carbons (Fsp3) is 0.312. The Hall–Kier alpha value is -4.26. The third-order valence-corrected chi connectivity index (χ3v) is 7.14. The molecule has 1 amide bonds. The first-order valence-corrected chi connectivity index (χ1v) is 13.0. The molecule has 1 heterocycles. The van der Waals surface area contributed by atoms with Crippen LogP contribution in [-0.4, -0.2) is 37.6 Å². The van der Waals surface area contributed by atoms with Crippen molar-refractivity contribution >= 4 is 23.1 Å². The van der Waals surface area contributed by atoms with Crippen LogP contribution in [0.4, 0.5) is 5.69 Å². The number of ketones is 1. The highest BCUT2D eigenvalue weighted by molar-refractivity contribution is 6.51. The van der Waals surface area contributed by atoms with Crippen molar-refractivity contribution in [3.8, 4) is 17.2 Å². The highest BCUT2D eigenvalue weighted by Gasteiger charge is 2.47. The minimum atomic E-state index is -0.887. The maximum Gasteiger partial charge on any atom is 0.300 e. The van der Waals surface area contributed by atoms with E-state index in [0.717, 1.165) is 16.7 Å². The average Bonchev–Trinajstić information content (AvgIpc) is 3.19. The Morgan fingerprint density at radius 3 is 2.21 bits per heavy atom. The van der Waals surface area contributed by atoms with E-state index in [1.807, 2.05) is 52.8 Å². The number of amides is 1. The summed E-state index contributed by atoms with van der Waals surface area (Å²) in [6.07, 6.45) is 0. The van der Waals surface area contributed by atoms with Crippen molar-refractivity contribution in [1.29, 1.82) is 0 Å². The third kappa shape index (κ3) is 5.09. The number of aliphatic hydroxyl groups excluding tert-OH is 1. The molecule has 1 aliphatic heterocycles. The molecule has 1 aliphatic rings. The van der Waals surface area contributed by atoms with Gasteiger partial charge in [0.1, 0.15) is 11.5 Å². The number of Topliss-reactive ketones (excluding diaryl/α,β-unsaturated/α-hetero) is 1. The summed E-state index contributed by atoms with van der Waals surface area (Å²) in [5.74, 6) is 0.0859. The molecular formula is C32H35NO6. The number of nitrogens with zero attached hydrogens (tertiary/aromatic N) is 1. The molecule has 1 N–H and O–H groups in total. The minimum absolute atomic E-state index is 0.00529. The number of anilines is 1. The molecule has 0 spiro atoms. The van der Waals surface area contributed by atoms with Gasteiger partial charge in [0.15, 0.2) is 11.5 Å². The number of benzene rings is 3. The summed E-state index contributed by atoms with van der Waals surface area (Å²) in [5.41, 5.74) is 4.53. The average molecular weight is 530 g/mol. The van der Waals surface area contributed by atoms with E-state index in [-0.39, 0.29) is 17.3 Å². The molecule has 204 valence electrons. The second-order valence-electron chi connectivity index (χ2n) is 9.89. The molecule has 0 radical (unpaired) electrons. The lowest BCUT2D eigenvalue weighted by Crippen LogP contribution is -2.29. The zero-order chi connectivity index (χ0) is 28.4. The largest absolute Gasteiger partial charge is 0.507 e. The van der Waals surface area contributed by atoms with Crippen LogP contribution in [0, 0.1) is 13.8 Å². The van der Waals surface area contributed by atoms with Gasteiger partial charge in [-0.3, -0.25) is 14.5 Å². The summed E-state index contributed by atoms with van der Waals surface area (Å²) in [6.45, 7) is 10.2. The van der Waals surface area contributed by atoms with E-state index in [1.165, 1.54) is 4.90 Å². The summed E-state index contributed by atoms with van der Waals surface area (Å²) < 4.78 is 16.7. The number of carbonyl (C=O) groups excluding carboxylic acids is 2. The van der Waals surface area contributed by atoms with Crippen LogP contribution >= 0.6 is 0 Å². The molecule has 7 nitrogen and oxygen atoms in total. The Morgan fingerprint density at radius 2 is 1.59 bits per heavy atom. The van der Waals surface area contributed by atoms with E-state index >= 15 is 0 Å². The van der Waals surface area contributed by atoms with Crippen LogP contribution in [0.15, 0.2) is 60.2 Å². The van der Waals surface area contributed by atoms with Crippen molar-refractivity contribution < 1.29 is 28.9 Å². The summed E-state index contributed by atoms with van der Waals surface area (Å²) in [7, 11) is 3.14. The van der Waals surface area contributed by atoms with E-state index in [1.54, 1.807) is 50.6 Å². The number of carbonyl (C=O) groups is 2. The van der Waals surface area contributed by atoms with Crippen LogP contribution in [0.25, 0.3) is 5.76 Å². The van der Waals surface area contributed by atoms with Gasteiger partial charge in [0.05, 0.1) is 32.4 Å². The maximum atomic E-state index is 13.6. The van der Waals surface area contributed by atoms with Crippen LogP contribution < -0.4 is 19.1 Å². The van der Waals surface area contributed by atoms with E-state index in [0.29, 0.717) is 40.7 Å². The number of hydrogen-bond acceptors (Lipinski definition) is 6. The van der Waals surface area contributed by atoms with Crippen molar-refractivity contribution in [3.05, 3.63) is 88.0 Å². The fourth-order valence-corrected chi connectivity index (χ4v) is 4.91. The Balaban J connectivity index is 1.99. The molecule has 1 atom stereocenters. The molecular weight excluding hydrogens is 494 g/mol. The lowest BCUT2D eigenvalue weighted by molar-refractivity contribution is -0.132. The van der Waals surface area contributed by atoms with Gasteiger partial charge in [-0.2, -0.15) is 0 Å². The molecule has 3 aromatic carbocycles. The van der Waals surface area contributed by atoms with Gasteiger partial charge >= 0.3 is 0 Å². The highest BCUT2D eigenvalue weighted by atomic mass is 16.5. The second-order valence-corrected chi connectivity index (χ2v) is 9.89. The molecule has 7 heteroatoms. The predicted molar refractivity (Wildman–Crippen MR) is 152 cm³/mol. The first-order valence-electron chi connectivity index (χ1n) is 13.0. The Bertz CT molecular complexity index is 1460. The lowest BCUT2D eigenvalue weighted by atomic mass is 9.92. The summed E-state index contributed by atoms with van der Waals surface area (Å²) in [5, 5.41) is 11.6. The molecule has 4 rings (SSSR count). The van der Waals surface area contributed by atoms with E-state index in [9.17, 15) is 14.7 Å². The van der Waals surface area contributed by atoms with Gasteiger partial charge in [0, 0.05) is 11.3 Å². The molecule has 0 aromatic heterocycles. The van der Waals surface area contributed by atoms with Gasteiger partial charge in [0.25, 0.3) is 11.7 Å². The van der Waals surface area contributed by atoms with E-state index < -0.39 is 17.7 Å². The predicted octanol–water partition coefficient (Wildman–Crippen LogP) is 6.47. The monoisotopic (exact) mass is 529 g/mol. The van der Waals surface area contributed by atoms with Crippen molar-refractivity contribution in [1.82, 2.24) is 0 Å². The van der Waals surface area contributed by atoms with Gasteiger partial charge in [0.2, 0.25) is 0 Å². The first-order chi connectivity index (χ1) is 18.6. The van der Waals surface area contributed by atoms with Gasteiger partial charge in [-0.1, -0.05) is 26.0 Å². The number of rotatable bonds is 8. The van der Waals surface area contributed by atoms with Crippen LogP contribution in [0.5, 0.6) is 17.2 Å². The van der Waals surface area contributed by atoms with Crippen LogP contribution in [0.1, 0.15) is 60.5 Å². The van der Waals surface area contributed by atoms with Gasteiger partial charge in [-0.05, 0) is 91.4 Å². The number of aliphatic hydroxyl groups is 1. The van der Waals surface area contributed by atoms with E-state index in [4.69, 9.17) is 14.2 Å². The molecule has 0 aliphatic carbocycles. The molecule has 0 saturated carbocycles. The number of aryl methyl sites for hydroxylation is 2. The first kappa shape index (κ1) is 27.8. The quantitative estimate of drug-likeness (QED) is 0.205. The Morgan fingerprint density at radius 1 is 0.897 bits per heavy atom. The van der Waals surface area contributed by atoms with Crippen LogP contribution in [0.2, 0.25) is 0 Å². The second kappa shape index (κ2) is 11.2. The van der Waals surface area contributed by atoms with Crippen molar-refractivity contribution in [2.75, 3.05) is 25.7 Å². The van der Waals surface area contributed by atoms with E-state index in [2.05, 4.69) is 0 Å². The summed E-state index contributed by atoms with van der Waals surface area (Å²) in [6, 6.07) is 15.3. The zero-order valence-electron chi connectivity index (χ0n) is 23.5. The summed E-state index contributed by atoms with van der Waals surface area (Å²) in [4.78, 5) is 28.7. The topological polar surface area (TPSA) is 85.3 Å². The normalized spacial score (nSPS) is 16.6. The van der Waals surface area contributed by atoms with Crippen molar-refractivity contribution in [2.24, 2.45) is 0 Å². The van der Waals surface area contributed by atoms with Crippen molar-refractivity contribution in [3.63, 3.8) is 0 Å². The Kier molecular flexibility index (Phi) is 8.00. The van der Waals surface area contributed by atoms with Gasteiger partial charge in [-0.25, -0.2) is 0 Å². The highest BCUT2D eigenvalue weighted by Crippen LogP contribution is 2.45. The molecule has 1 unspecified atom stereocenters. The summed E-state index contributed by atoms with van der Waals surface area (Å²) >= 11 is 0. The van der Waals surface area contributed by atoms with Crippen LogP contribution in [0.3, 0.4) is 0 Å². The molecule has 39 heavy (non-hydrogen) atoms. The SMILES string of the molecule is CCOc1cc(C2/C(=C(\O)c3ccc(OC)c(C(C)C)c3)C(=O)C(=O)N2c2ccc(C)c(C)c2)ccc1OC. The maximum absolute atomic E-state index is 13.6. The fourth-order valence-electron chi connectivity index (χ4n) is 4.91. The smallest absolute Gasteiger partial charge is 0.300 e. The lowest BCUT2D eigenvalue weighted by Gasteiger charge is -2.26. The molecule has 0 bridgehead atoms. The number of hydrogen-bond donors (Lipinski definition) is 1. The van der Waals surface area contributed by atoms with Gasteiger partial charge < -0.3 is 19.3 Å².